The number of nitrogens with one attached hydrogen (secondary N) is 1. The van der Waals surface area contributed by atoms with Gasteiger partial charge in [-0.05, 0) is 88.1 Å². The minimum atomic E-state index is -0.250. The van der Waals surface area contributed by atoms with Crippen molar-refractivity contribution >= 4 is 18.1 Å². The number of hydrogen-bond acceptors (Lipinski definition) is 6. The highest BCUT2D eigenvalue weighted by Gasteiger charge is 2.26. The van der Waals surface area contributed by atoms with Gasteiger partial charge in [-0.3, -0.25) is 9.59 Å². The molecule has 0 saturated heterocycles. The van der Waals surface area contributed by atoms with Gasteiger partial charge in [-0.15, -0.1) is 0 Å². The number of hydrogen-bond donors (Lipinski definition) is 3. The first-order valence-corrected chi connectivity index (χ1v) is 13.1. The van der Waals surface area contributed by atoms with Crippen LogP contribution < -0.4 is 20.7 Å². The van der Waals surface area contributed by atoms with Crippen molar-refractivity contribution in [1.82, 2.24) is 10.3 Å². The number of methoxy groups -OCH3 is 1. The molecule has 1 amide bonds. The zero-order chi connectivity index (χ0) is 26.8. The van der Waals surface area contributed by atoms with Crippen LogP contribution in [0.15, 0.2) is 36.4 Å². The van der Waals surface area contributed by atoms with Gasteiger partial charge in [-0.25, -0.2) is 4.98 Å². The van der Waals surface area contributed by atoms with Crippen molar-refractivity contribution < 1.29 is 19.4 Å². The van der Waals surface area contributed by atoms with Crippen LogP contribution >= 0.6 is 0 Å². The first-order chi connectivity index (χ1) is 17.9. The van der Waals surface area contributed by atoms with Gasteiger partial charge in [0.15, 0.2) is 0 Å². The summed E-state index contributed by atoms with van der Waals surface area (Å²) >= 11 is 0. The number of amides is 1. The number of rotatable bonds is 4. The van der Waals surface area contributed by atoms with Crippen molar-refractivity contribution in [3.05, 3.63) is 64.4 Å². The van der Waals surface area contributed by atoms with Crippen LogP contribution in [0.5, 0.6) is 5.88 Å². The fourth-order valence-corrected chi connectivity index (χ4v) is 5.45. The van der Waals surface area contributed by atoms with Gasteiger partial charge in [0.05, 0.1) is 7.11 Å². The molecule has 200 valence electrons. The monoisotopic (exact) mass is 508 g/mol. The largest absolute Gasteiger partial charge is 0.483 e. The van der Waals surface area contributed by atoms with E-state index in [0.29, 0.717) is 24.5 Å². The second kappa shape index (κ2) is 13.8. The lowest BCUT2D eigenvalue weighted by Crippen LogP contribution is -2.41. The molecule has 4 N–H and O–H groups in total. The molecule has 2 aromatic rings. The summed E-state index contributed by atoms with van der Waals surface area (Å²) in [6, 6.07) is 9.03. The van der Waals surface area contributed by atoms with Crippen molar-refractivity contribution in [3.63, 3.8) is 0 Å². The number of carbonyl (C=O) groups is 2. The van der Waals surface area contributed by atoms with E-state index in [9.17, 15) is 4.79 Å². The van der Waals surface area contributed by atoms with Crippen molar-refractivity contribution in [2.75, 3.05) is 18.6 Å². The van der Waals surface area contributed by atoms with E-state index in [0.717, 1.165) is 73.9 Å². The Morgan fingerprint density at radius 3 is 2.62 bits per heavy atom. The average molecular weight is 509 g/mol. The van der Waals surface area contributed by atoms with Crippen LogP contribution in [0, 0.1) is 6.92 Å². The molecule has 1 aromatic heterocycles. The van der Waals surface area contributed by atoms with E-state index < -0.39 is 0 Å². The zero-order valence-electron chi connectivity index (χ0n) is 22.2. The standard InChI is InChI=1S/C28H38N4O2.CH2O2/c1-4-32(22-15-13-21(29)14-16-22)26-12-8-11-24-23(26)10-7-5-6-9-20-17-19(2)31-28(34-3)25(20)18-30-27(24)33;2-1-3/h5,7-8,11-12,17,21-22H,4,6,9-10,13-16,18,29H2,1-3H3,(H,30,33);1H,(H,2,3)/b7-5+;/t21-,22+;. The van der Waals surface area contributed by atoms with E-state index in [4.69, 9.17) is 20.4 Å². The third-order valence-electron chi connectivity index (χ3n) is 7.22. The molecule has 0 radical (unpaired) electrons. The molecular weight excluding hydrogens is 468 g/mol. The molecule has 0 bridgehead atoms. The van der Waals surface area contributed by atoms with Gasteiger partial charge in [0, 0.05) is 47.7 Å². The Labute approximate surface area is 219 Å². The maximum Gasteiger partial charge on any atom is 0.290 e. The Morgan fingerprint density at radius 2 is 1.95 bits per heavy atom. The normalized spacial score (nSPS) is 20.4. The average Bonchev–Trinajstić information content (AvgIpc) is 2.89. The fraction of sp³-hybridized carbons (Fsp3) is 0.483. The summed E-state index contributed by atoms with van der Waals surface area (Å²) < 4.78 is 5.57. The van der Waals surface area contributed by atoms with Crippen molar-refractivity contribution in [2.24, 2.45) is 5.73 Å². The number of aromatic nitrogens is 1. The van der Waals surface area contributed by atoms with Crippen LogP contribution in [0.3, 0.4) is 0 Å². The van der Waals surface area contributed by atoms with Gasteiger partial charge in [-0.1, -0.05) is 18.2 Å². The minimum Gasteiger partial charge on any atom is -0.483 e. The maximum atomic E-state index is 13.4. The molecular formula is C29H40N4O4. The third kappa shape index (κ3) is 7.10. The second-order valence-corrected chi connectivity index (χ2v) is 9.57. The number of carboxylic acid groups (broad SMARTS) is 1. The minimum absolute atomic E-state index is 0.0545. The number of carbonyl (C=O) groups excluding carboxylic acids is 1. The fourth-order valence-electron chi connectivity index (χ4n) is 5.45. The topological polar surface area (TPSA) is 118 Å². The van der Waals surface area contributed by atoms with Gasteiger partial charge < -0.3 is 25.8 Å². The van der Waals surface area contributed by atoms with E-state index >= 15 is 0 Å². The predicted octanol–water partition coefficient (Wildman–Crippen LogP) is 4.17. The van der Waals surface area contributed by atoms with E-state index in [1.807, 2.05) is 19.1 Å². The number of pyridine rings is 1. The molecule has 2 heterocycles. The first-order valence-electron chi connectivity index (χ1n) is 13.1. The SMILES string of the molecule is CCN(c1cccc2c1C/C=C/CCc1cc(C)nc(OC)c1CNC2=O)[C@H]1CC[C@@H](N)CC1.O=CO. The zero-order valence-corrected chi connectivity index (χ0v) is 22.2. The summed E-state index contributed by atoms with van der Waals surface area (Å²) in [6.07, 6.45) is 11.3. The molecule has 8 nitrogen and oxygen atoms in total. The van der Waals surface area contributed by atoms with Gasteiger partial charge >= 0.3 is 0 Å². The predicted molar refractivity (Wildman–Crippen MR) is 146 cm³/mol. The quantitative estimate of drug-likeness (QED) is 0.419. The highest BCUT2D eigenvalue weighted by atomic mass is 16.5. The maximum absolute atomic E-state index is 13.4. The first kappa shape index (κ1) is 28.2. The number of fused-ring (bicyclic) bond motifs is 2. The van der Waals surface area contributed by atoms with Crippen LogP contribution in [0.2, 0.25) is 0 Å². The van der Waals surface area contributed by atoms with E-state index in [1.54, 1.807) is 7.11 Å². The van der Waals surface area contributed by atoms with Gasteiger partial charge in [0.1, 0.15) is 0 Å². The summed E-state index contributed by atoms with van der Waals surface area (Å²) in [5.74, 6) is 0.541. The lowest BCUT2D eigenvalue weighted by molar-refractivity contribution is -0.122. The van der Waals surface area contributed by atoms with Crippen molar-refractivity contribution in [3.8, 4) is 5.88 Å². The summed E-state index contributed by atoms with van der Waals surface area (Å²) in [7, 11) is 1.64. The van der Waals surface area contributed by atoms with Crippen LogP contribution in [-0.4, -0.2) is 48.2 Å². The highest BCUT2D eigenvalue weighted by Crippen LogP contribution is 2.32. The highest BCUT2D eigenvalue weighted by molar-refractivity contribution is 5.97. The molecule has 0 spiro atoms. The Balaban J connectivity index is 0.00000121. The Bertz CT molecular complexity index is 1090. The second-order valence-electron chi connectivity index (χ2n) is 9.57. The van der Waals surface area contributed by atoms with E-state index in [2.05, 4.69) is 46.4 Å². The third-order valence-corrected chi connectivity index (χ3v) is 7.22. The van der Waals surface area contributed by atoms with Crippen LogP contribution in [0.1, 0.15) is 71.8 Å². The lowest BCUT2D eigenvalue weighted by atomic mass is 9.89. The Hall–Kier alpha value is -3.39. The Morgan fingerprint density at radius 1 is 1.22 bits per heavy atom. The molecule has 0 unspecified atom stereocenters. The summed E-state index contributed by atoms with van der Waals surface area (Å²) in [6.45, 7) is 5.25. The van der Waals surface area contributed by atoms with Crippen LogP contribution in [0.4, 0.5) is 5.69 Å². The number of aryl methyl sites for hydroxylation is 2. The van der Waals surface area contributed by atoms with Gasteiger partial charge in [0.25, 0.3) is 12.4 Å². The molecule has 0 atom stereocenters. The van der Waals surface area contributed by atoms with E-state index in [1.165, 1.54) is 11.3 Å². The number of nitrogens with zero attached hydrogens (tertiary/aromatic N) is 2. The molecule has 8 heteroatoms. The van der Waals surface area contributed by atoms with Gasteiger partial charge in [0.2, 0.25) is 5.88 Å². The number of benzene rings is 1. The van der Waals surface area contributed by atoms with Crippen molar-refractivity contribution in [1.29, 1.82) is 0 Å². The summed E-state index contributed by atoms with van der Waals surface area (Å²) in [4.78, 5) is 28.8. The van der Waals surface area contributed by atoms with Crippen molar-refractivity contribution in [2.45, 2.75) is 77.4 Å². The molecule has 2 aliphatic rings. The Kier molecular flexibility index (Phi) is 10.5. The molecule has 1 fully saturated rings. The molecule has 1 aliphatic heterocycles. The van der Waals surface area contributed by atoms with E-state index in [-0.39, 0.29) is 12.4 Å². The lowest BCUT2D eigenvalue weighted by Gasteiger charge is -2.38. The summed E-state index contributed by atoms with van der Waals surface area (Å²) in [5.41, 5.74) is 12.3. The molecule has 37 heavy (non-hydrogen) atoms. The van der Waals surface area contributed by atoms with Gasteiger partial charge in [-0.2, -0.15) is 0 Å². The number of ether oxygens (including phenoxy) is 1. The number of nitrogens with two attached hydrogens (primary N) is 1. The smallest absolute Gasteiger partial charge is 0.290 e. The van der Waals surface area contributed by atoms with Crippen LogP contribution in [-0.2, 0) is 24.2 Å². The molecule has 1 saturated carbocycles. The number of allylic oxidation sites excluding steroid dienone is 2. The molecule has 4 rings (SSSR count). The number of anilines is 1. The summed E-state index contributed by atoms with van der Waals surface area (Å²) in [5, 5.41) is 10.0. The van der Waals surface area contributed by atoms with Crippen LogP contribution in [0.25, 0.3) is 0 Å². The molecule has 1 aromatic carbocycles. The molecule has 1 aliphatic carbocycles.